The van der Waals surface area contributed by atoms with Gasteiger partial charge in [0.25, 0.3) is 0 Å². The first kappa shape index (κ1) is 40.7. The Labute approximate surface area is 303 Å². The molecule has 0 aliphatic rings. The zero-order valence-electron chi connectivity index (χ0n) is 29.4. The number of esters is 4. The Balaban J connectivity index is 2.33. The number of ketones is 1. The van der Waals surface area contributed by atoms with Crippen molar-refractivity contribution in [3.8, 4) is 34.8 Å². The van der Waals surface area contributed by atoms with Crippen molar-refractivity contribution in [2.75, 3.05) is 0 Å². The number of halogens is 3. The van der Waals surface area contributed by atoms with Crippen molar-refractivity contribution >= 4 is 35.7 Å². The van der Waals surface area contributed by atoms with Crippen molar-refractivity contribution in [2.45, 2.75) is 40.8 Å². The lowest BCUT2D eigenvalue weighted by Gasteiger charge is -2.22. The van der Waals surface area contributed by atoms with Crippen LogP contribution < -0.4 is 18.9 Å². The zero-order valence-corrected chi connectivity index (χ0v) is 29.4. The second-order valence-corrected chi connectivity index (χ2v) is 11.6. The van der Waals surface area contributed by atoms with Gasteiger partial charge in [-0.25, -0.2) is 19.2 Å². The monoisotopic (exact) mass is 726 g/mol. The molecule has 0 unspecified atom stereocenters. The van der Waals surface area contributed by atoms with Crippen molar-refractivity contribution in [1.82, 2.24) is 0 Å². The first-order valence-electron chi connectivity index (χ1n) is 15.4. The van der Waals surface area contributed by atoms with Crippen molar-refractivity contribution in [2.24, 2.45) is 0 Å². The fraction of sp³-hybridized carbons (Fsp3) is 0.146. The standard InChI is InChI=1S/C41H33F3O9/c1-22(2)37(46)50-29-16-13-27(14-17-29)15-18-31-26(9)35(52-39(48)24(5)6)32(36(34(31)41(42,43)44)53-40(49)25(7)8)19-20-33(45)28-11-10-12-30(21-28)51-38(47)23(3)4/h10-14,16-17,19-21H,1,3,5,7H2,2,4,6,8-9H3/b20-19+. The van der Waals surface area contributed by atoms with E-state index in [1.807, 2.05) is 0 Å². The van der Waals surface area contributed by atoms with Crippen LogP contribution in [-0.2, 0) is 25.4 Å². The Kier molecular flexibility index (Phi) is 13.0. The van der Waals surface area contributed by atoms with Gasteiger partial charge >= 0.3 is 30.1 Å². The molecule has 0 N–H and O–H groups in total. The maximum Gasteiger partial charge on any atom is 0.421 e. The van der Waals surface area contributed by atoms with Gasteiger partial charge in [-0.2, -0.15) is 13.2 Å². The third-order valence-electron chi connectivity index (χ3n) is 6.88. The van der Waals surface area contributed by atoms with E-state index in [9.17, 15) is 24.0 Å². The van der Waals surface area contributed by atoms with E-state index in [-0.39, 0.29) is 50.5 Å². The number of ether oxygens (including phenoxy) is 4. The van der Waals surface area contributed by atoms with Crippen molar-refractivity contribution in [3.63, 3.8) is 0 Å². The summed E-state index contributed by atoms with van der Waals surface area (Å²) in [7, 11) is 0. The molecule has 12 heteroatoms. The van der Waals surface area contributed by atoms with Crippen LogP contribution in [0.4, 0.5) is 13.2 Å². The van der Waals surface area contributed by atoms with Crippen LogP contribution in [0, 0.1) is 18.8 Å². The molecule has 9 nitrogen and oxygen atoms in total. The highest BCUT2D eigenvalue weighted by atomic mass is 19.4. The van der Waals surface area contributed by atoms with E-state index in [0.717, 1.165) is 12.2 Å². The average Bonchev–Trinajstić information content (AvgIpc) is 3.08. The molecule has 0 bridgehead atoms. The molecule has 0 spiro atoms. The summed E-state index contributed by atoms with van der Waals surface area (Å²) in [5.74, 6) is -0.981. The molecule has 0 aliphatic heterocycles. The van der Waals surface area contributed by atoms with E-state index >= 15 is 13.2 Å². The summed E-state index contributed by atoms with van der Waals surface area (Å²) in [5.41, 5.74) is -3.14. The molecule has 3 rings (SSSR count). The van der Waals surface area contributed by atoms with E-state index in [1.165, 1.54) is 83.1 Å². The predicted molar refractivity (Wildman–Crippen MR) is 190 cm³/mol. The summed E-state index contributed by atoms with van der Waals surface area (Å²) in [6.07, 6.45) is -3.48. The zero-order chi connectivity index (χ0) is 39.8. The van der Waals surface area contributed by atoms with Crippen LogP contribution in [0.2, 0.25) is 0 Å². The molecule has 0 saturated heterocycles. The fourth-order valence-corrected chi connectivity index (χ4v) is 4.13. The SMILES string of the molecule is C=C(C)C(=O)Oc1ccc(C#Cc2c(C)c(OC(=O)C(=C)C)c(/C=C/C(=O)c3cccc(OC(=O)C(=C)C)c3)c(OC(=O)C(=C)C)c2C(F)(F)F)cc1. The highest BCUT2D eigenvalue weighted by Gasteiger charge is 2.41. The van der Waals surface area contributed by atoms with Crippen LogP contribution in [-0.4, -0.2) is 29.7 Å². The van der Waals surface area contributed by atoms with Crippen LogP contribution in [0.15, 0.2) is 103 Å². The van der Waals surface area contributed by atoms with Crippen LogP contribution in [0.5, 0.6) is 23.0 Å². The Morgan fingerprint density at radius 1 is 0.660 bits per heavy atom. The average molecular weight is 727 g/mol. The normalized spacial score (nSPS) is 10.7. The maximum absolute atomic E-state index is 15.1. The summed E-state index contributed by atoms with van der Waals surface area (Å²) in [6, 6.07) is 10.9. The minimum atomic E-state index is -5.23. The molecule has 272 valence electrons. The van der Waals surface area contributed by atoms with Gasteiger partial charge in [0, 0.05) is 44.5 Å². The van der Waals surface area contributed by atoms with Crippen molar-refractivity contribution in [1.29, 1.82) is 0 Å². The first-order valence-corrected chi connectivity index (χ1v) is 15.4. The molecule has 3 aromatic rings. The van der Waals surface area contributed by atoms with Crippen LogP contribution >= 0.6 is 0 Å². The molecular formula is C41H33F3O9. The summed E-state index contributed by atoms with van der Waals surface area (Å²) >= 11 is 0. The molecule has 0 amide bonds. The van der Waals surface area contributed by atoms with Gasteiger partial charge in [0.2, 0.25) is 0 Å². The molecule has 0 saturated carbocycles. The van der Waals surface area contributed by atoms with Gasteiger partial charge in [-0.05, 0) is 83.2 Å². The fourth-order valence-electron chi connectivity index (χ4n) is 4.13. The largest absolute Gasteiger partial charge is 0.423 e. The third kappa shape index (κ3) is 10.6. The summed E-state index contributed by atoms with van der Waals surface area (Å²) in [4.78, 5) is 62.8. The lowest BCUT2D eigenvalue weighted by Crippen LogP contribution is -2.19. The maximum atomic E-state index is 15.1. The van der Waals surface area contributed by atoms with Gasteiger partial charge in [-0.15, -0.1) is 0 Å². The van der Waals surface area contributed by atoms with Gasteiger partial charge in [-0.3, -0.25) is 4.79 Å². The third-order valence-corrected chi connectivity index (χ3v) is 6.88. The van der Waals surface area contributed by atoms with Gasteiger partial charge in [-0.1, -0.05) is 50.3 Å². The smallest absolute Gasteiger partial charge is 0.421 e. The molecule has 0 atom stereocenters. The van der Waals surface area contributed by atoms with Crippen LogP contribution in [0.25, 0.3) is 6.08 Å². The van der Waals surface area contributed by atoms with E-state index < -0.39 is 64.0 Å². The van der Waals surface area contributed by atoms with E-state index in [0.29, 0.717) is 0 Å². The second-order valence-electron chi connectivity index (χ2n) is 11.6. The summed E-state index contributed by atoms with van der Waals surface area (Å²) in [5, 5.41) is 0. The van der Waals surface area contributed by atoms with Gasteiger partial charge in [0.1, 0.15) is 22.8 Å². The molecular weight excluding hydrogens is 693 g/mol. The topological polar surface area (TPSA) is 122 Å². The highest BCUT2D eigenvalue weighted by Crippen LogP contribution is 2.47. The highest BCUT2D eigenvalue weighted by molar-refractivity contribution is 6.08. The lowest BCUT2D eigenvalue weighted by molar-refractivity contribution is -0.141. The van der Waals surface area contributed by atoms with E-state index in [1.54, 1.807) is 0 Å². The second kappa shape index (κ2) is 17.0. The lowest BCUT2D eigenvalue weighted by atomic mass is 9.93. The Hall–Kier alpha value is -6.74. The Morgan fingerprint density at radius 3 is 1.66 bits per heavy atom. The van der Waals surface area contributed by atoms with Gasteiger partial charge < -0.3 is 18.9 Å². The minimum absolute atomic E-state index is 0.00921. The number of allylic oxidation sites excluding steroid dienone is 1. The summed E-state index contributed by atoms with van der Waals surface area (Å²) in [6.45, 7) is 20.5. The molecule has 53 heavy (non-hydrogen) atoms. The number of alkyl halides is 3. The van der Waals surface area contributed by atoms with Crippen molar-refractivity contribution in [3.05, 3.63) is 137 Å². The molecule has 0 aliphatic carbocycles. The predicted octanol–water partition coefficient (Wildman–Crippen LogP) is 8.24. The Morgan fingerprint density at radius 2 is 1.15 bits per heavy atom. The molecule has 3 aromatic carbocycles. The summed E-state index contributed by atoms with van der Waals surface area (Å²) < 4.78 is 66.3. The number of carbonyl (C=O) groups excluding carboxylic acids is 5. The molecule has 0 radical (unpaired) electrons. The van der Waals surface area contributed by atoms with Gasteiger partial charge in [0.05, 0.1) is 5.56 Å². The number of carbonyl (C=O) groups is 5. The quantitative estimate of drug-likeness (QED) is 0.0632. The Bertz CT molecular complexity index is 2170. The van der Waals surface area contributed by atoms with Gasteiger partial charge in [0.15, 0.2) is 11.5 Å². The number of benzene rings is 3. The minimum Gasteiger partial charge on any atom is -0.423 e. The number of hydrogen-bond acceptors (Lipinski definition) is 9. The first-order chi connectivity index (χ1) is 24.7. The van der Waals surface area contributed by atoms with Crippen LogP contribution in [0.3, 0.4) is 0 Å². The van der Waals surface area contributed by atoms with E-state index in [2.05, 4.69) is 38.2 Å². The van der Waals surface area contributed by atoms with Crippen LogP contribution in [0.1, 0.15) is 65.9 Å². The van der Waals surface area contributed by atoms with Crippen molar-refractivity contribution < 1.29 is 56.1 Å². The molecule has 0 fully saturated rings. The van der Waals surface area contributed by atoms with E-state index in [4.69, 9.17) is 18.9 Å². The molecule has 0 heterocycles. The number of rotatable bonds is 11. The number of hydrogen-bond donors (Lipinski definition) is 0. The molecule has 0 aromatic heterocycles.